The van der Waals surface area contributed by atoms with Gasteiger partial charge in [0.05, 0.1) is 15.7 Å². The molecule has 0 aromatic heterocycles. The number of nitrogens with two attached hydrogens (primary N) is 2. The fraction of sp³-hybridized carbons (Fsp3) is 0.263. The lowest BCUT2D eigenvalue weighted by Crippen LogP contribution is -2.24. The van der Waals surface area contributed by atoms with Crippen LogP contribution in [-0.4, -0.2) is 7.05 Å². The number of nitrogens with one attached hydrogen (secondary N) is 1. The molecule has 2 aromatic rings. The molecule has 1 aliphatic rings. The lowest BCUT2D eigenvalue weighted by molar-refractivity contribution is 0.470. The second kappa shape index (κ2) is 7.06. The molecule has 0 bridgehead atoms. The molecular weight excluding hydrogens is 341 g/mol. The molecule has 0 fully saturated rings. The Morgan fingerprint density at radius 3 is 2.54 bits per heavy atom. The van der Waals surface area contributed by atoms with Crippen LogP contribution in [0.2, 0.25) is 10.0 Å². The number of halogens is 2. The Morgan fingerprint density at radius 2 is 1.88 bits per heavy atom. The van der Waals surface area contributed by atoms with E-state index in [1.807, 2.05) is 25.2 Å². The summed E-state index contributed by atoms with van der Waals surface area (Å²) in [5, 5.41) is 4.58. The van der Waals surface area contributed by atoms with E-state index in [0.29, 0.717) is 27.7 Å². The van der Waals surface area contributed by atoms with Gasteiger partial charge >= 0.3 is 0 Å². The minimum absolute atomic E-state index is 0.302. The van der Waals surface area contributed by atoms with E-state index in [1.54, 1.807) is 0 Å². The van der Waals surface area contributed by atoms with Crippen molar-refractivity contribution in [3.8, 4) is 0 Å². The number of fused-ring (bicyclic) bond motifs is 1. The van der Waals surface area contributed by atoms with Crippen LogP contribution in [0.25, 0.3) is 5.70 Å². The molecule has 2 atom stereocenters. The summed E-state index contributed by atoms with van der Waals surface area (Å²) in [6, 6.07) is 12.5. The average Bonchev–Trinajstić information content (AvgIpc) is 2.62. The summed E-state index contributed by atoms with van der Waals surface area (Å²) in [5.41, 5.74) is 16.8. The molecular formula is C19H21Cl2N3. The van der Waals surface area contributed by atoms with Gasteiger partial charge in [-0.15, -0.1) is 0 Å². The Bertz CT molecular complexity index is 786. The van der Waals surface area contributed by atoms with E-state index in [1.165, 1.54) is 22.9 Å². The first-order valence-corrected chi connectivity index (χ1v) is 8.74. The molecule has 1 aliphatic carbocycles. The monoisotopic (exact) mass is 361 g/mol. The van der Waals surface area contributed by atoms with Crippen molar-refractivity contribution in [3.63, 3.8) is 0 Å². The van der Waals surface area contributed by atoms with Gasteiger partial charge in [0, 0.05) is 18.2 Å². The van der Waals surface area contributed by atoms with E-state index in [4.69, 9.17) is 34.7 Å². The van der Waals surface area contributed by atoms with E-state index < -0.39 is 0 Å². The van der Waals surface area contributed by atoms with Crippen LogP contribution in [0.4, 0.5) is 0 Å². The highest BCUT2D eigenvalue weighted by atomic mass is 35.5. The van der Waals surface area contributed by atoms with Crippen LogP contribution in [-0.2, 0) is 0 Å². The molecule has 5 N–H and O–H groups in total. The normalized spacial score (nSPS) is 20.7. The van der Waals surface area contributed by atoms with Crippen LogP contribution < -0.4 is 16.8 Å². The Kier molecular flexibility index (Phi) is 5.04. The highest BCUT2D eigenvalue weighted by molar-refractivity contribution is 6.42. The summed E-state index contributed by atoms with van der Waals surface area (Å²) >= 11 is 12.3. The van der Waals surface area contributed by atoms with Crippen LogP contribution >= 0.6 is 23.2 Å². The van der Waals surface area contributed by atoms with Gasteiger partial charge in [0.15, 0.2) is 0 Å². The van der Waals surface area contributed by atoms with Crippen molar-refractivity contribution in [1.29, 1.82) is 0 Å². The van der Waals surface area contributed by atoms with Gasteiger partial charge in [-0.2, -0.15) is 0 Å². The van der Waals surface area contributed by atoms with Gasteiger partial charge in [-0.05, 0) is 60.3 Å². The van der Waals surface area contributed by atoms with Crippen molar-refractivity contribution < 1.29 is 0 Å². The number of hydrogen-bond acceptors (Lipinski definition) is 3. The average molecular weight is 362 g/mol. The third-order valence-electron chi connectivity index (χ3n) is 4.79. The Hall–Kier alpha value is -1.68. The molecule has 0 radical (unpaired) electrons. The van der Waals surface area contributed by atoms with Crippen LogP contribution in [0.3, 0.4) is 0 Å². The van der Waals surface area contributed by atoms with E-state index in [0.717, 1.165) is 18.4 Å². The Morgan fingerprint density at radius 1 is 1.08 bits per heavy atom. The fourth-order valence-corrected chi connectivity index (χ4v) is 3.80. The highest BCUT2D eigenvalue weighted by Gasteiger charge is 2.28. The van der Waals surface area contributed by atoms with E-state index in [2.05, 4.69) is 23.5 Å². The van der Waals surface area contributed by atoms with Crippen LogP contribution in [0, 0.1) is 0 Å². The van der Waals surface area contributed by atoms with Crippen LogP contribution in [0.1, 0.15) is 47.1 Å². The van der Waals surface area contributed by atoms with Gasteiger partial charge < -0.3 is 16.8 Å². The van der Waals surface area contributed by atoms with Gasteiger partial charge in [-0.25, -0.2) is 0 Å². The molecule has 0 aliphatic heterocycles. The molecule has 0 saturated heterocycles. The lowest BCUT2D eigenvalue weighted by atomic mass is 9.76. The zero-order valence-corrected chi connectivity index (χ0v) is 15.0. The van der Waals surface area contributed by atoms with Gasteiger partial charge in [0.2, 0.25) is 0 Å². The molecule has 5 heteroatoms. The van der Waals surface area contributed by atoms with Gasteiger partial charge in [0.25, 0.3) is 0 Å². The van der Waals surface area contributed by atoms with Gasteiger partial charge in [-0.1, -0.05) is 41.4 Å². The lowest BCUT2D eigenvalue weighted by Gasteiger charge is -2.32. The maximum atomic E-state index is 6.22. The topological polar surface area (TPSA) is 64.1 Å². The molecule has 0 spiro atoms. The first-order chi connectivity index (χ1) is 11.5. The zero-order chi connectivity index (χ0) is 17.3. The maximum absolute atomic E-state index is 6.22. The summed E-state index contributed by atoms with van der Waals surface area (Å²) in [6.45, 7) is 0. The molecule has 2 unspecified atom stereocenters. The number of benzene rings is 2. The van der Waals surface area contributed by atoms with Crippen molar-refractivity contribution in [2.75, 3.05) is 7.05 Å². The predicted molar refractivity (Wildman–Crippen MR) is 102 cm³/mol. The minimum Gasteiger partial charge on any atom is -0.403 e. The first kappa shape index (κ1) is 17.2. The third-order valence-corrected chi connectivity index (χ3v) is 5.53. The molecule has 126 valence electrons. The minimum atomic E-state index is 0.302. The predicted octanol–water partition coefficient (Wildman–Crippen LogP) is 4.40. The summed E-state index contributed by atoms with van der Waals surface area (Å²) in [6.07, 6.45) is 3.54. The van der Waals surface area contributed by atoms with Gasteiger partial charge in [-0.3, -0.25) is 0 Å². The largest absolute Gasteiger partial charge is 0.403 e. The fourth-order valence-electron chi connectivity index (χ4n) is 3.49. The van der Waals surface area contributed by atoms with Crippen LogP contribution in [0.5, 0.6) is 0 Å². The molecule has 0 saturated carbocycles. The summed E-state index contributed by atoms with van der Waals surface area (Å²) in [4.78, 5) is 0. The second-order valence-corrected chi connectivity index (χ2v) is 6.92. The number of rotatable bonds is 3. The van der Waals surface area contributed by atoms with Crippen LogP contribution in [0.15, 0.2) is 42.6 Å². The summed E-state index contributed by atoms with van der Waals surface area (Å²) in [5.74, 6) is 0.302. The Balaban J connectivity index is 2.08. The molecule has 3 nitrogen and oxygen atoms in total. The second-order valence-electron chi connectivity index (χ2n) is 6.11. The molecule has 3 rings (SSSR count). The van der Waals surface area contributed by atoms with E-state index >= 15 is 0 Å². The summed E-state index contributed by atoms with van der Waals surface area (Å²) < 4.78 is 0. The quantitative estimate of drug-likeness (QED) is 0.759. The van der Waals surface area contributed by atoms with Gasteiger partial charge in [0.1, 0.15) is 0 Å². The van der Waals surface area contributed by atoms with E-state index in [-0.39, 0.29) is 0 Å². The van der Waals surface area contributed by atoms with Crippen molar-refractivity contribution in [2.45, 2.75) is 24.8 Å². The van der Waals surface area contributed by atoms with E-state index in [9.17, 15) is 0 Å². The molecule has 0 amide bonds. The SMILES string of the molecule is CNC1CCC(c2ccc(Cl)c(Cl)c2)c2ccc(/C(N)=C/N)cc21. The van der Waals surface area contributed by atoms with Crippen molar-refractivity contribution in [2.24, 2.45) is 11.5 Å². The standard InChI is InChI=1S/C19H21Cl2N3/c1-24-19-7-5-13(11-3-6-16(20)17(21)9-11)14-4-2-12(8-15(14)19)18(23)10-22/h2-4,6,8-10,13,19,24H,5,7,22-23H2,1H3/b18-10-. The summed E-state index contributed by atoms with van der Waals surface area (Å²) in [7, 11) is 1.99. The highest BCUT2D eigenvalue weighted by Crippen LogP contribution is 2.42. The van der Waals surface area contributed by atoms with Crippen molar-refractivity contribution >= 4 is 28.9 Å². The molecule has 0 heterocycles. The maximum Gasteiger partial charge on any atom is 0.0595 e. The molecule has 2 aromatic carbocycles. The van der Waals surface area contributed by atoms with Crippen molar-refractivity contribution in [1.82, 2.24) is 5.32 Å². The molecule has 24 heavy (non-hydrogen) atoms. The zero-order valence-electron chi connectivity index (χ0n) is 13.5. The first-order valence-electron chi connectivity index (χ1n) is 7.99. The Labute approximate surface area is 152 Å². The number of hydrogen-bond donors (Lipinski definition) is 3. The smallest absolute Gasteiger partial charge is 0.0595 e. The third kappa shape index (κ3) is 3.12. The van der Waals surface area contributed by atoms with Crippen molar-refractivity contribution in [3.05, 3.63) is 74.9 Å².